The van der Waals surface area contributed by atoms with Gasteiger partial charge < -0.3 is 9.47 Å². The summed E-state index contributed by atoms with van der Waals surface area (Å²) in [4.78, 5) is 16.7. The second-order valence-electron chi connectivity index (χ2n) is 6.88. The molecule has 0 saturated carbocycles. The van der Waals surface area contributed by atoms with Crippen molar-refractivity contribution in [3.05, 3.63) is 47.3 Å². The van der Waals surface area contributed by atoms with Gasteiger partial charge >= 0.3 is 0 Å². The first-order chi connectivity index (χ1) is 12.1. The van der Waals surface area contributed by atoms with Crippen LogP contribution in [-0.4, -0.2) is 50.6 Å². The molecule has 0 radical (unpaired) electrons. The number of fused-ring (bicyclic) bond motifs is 1. The van der Waals surface area contributed by atoms with Crippen LogP contribution in [0.3, 0.4) is 0 Å². The standard InChI is InChI=1S/C18H22FN5O/c1-22-8-2-3-15(22)18-21-20-16-12-23(9-10-24(16)18)17(25)11-13-4-6-14(19)7-5-13/h4-7,15H,2-3,8-12H2,1H3/t15-/m0/s1. The molecule has 132 valence electrons. The second-order valence-corrected chi connectivity index (χ2v) is 6.88. The van der Waals surface area contributed by atoms with Gasteiger partial charge in [-0.3, -0.25) is 9.69 Å². The van der Waals surface area contributed by atoms with Crippen molar-refractivity contribution in [1.29, 1.82) is 0 Å². The molecule has 25 heavy (non-hydrogen) atoms. The van der Waals surface area contributed by atoms with Crippen LogP contribution in [0.15, 0.2) is 24.3 Å². The van der Waals surface area contributed by atoms with Gasteiger partial charge in [0.2, 0.25) is 5.91 Å². The fourth-order valence-electron chi connectivity index (χ4n) is 3.76. The summed E-state index contributed by atoms with van der Waals surface area (Å²) >= 11 is 0. The molecule has 1 aromatic heterocycles. The maximum absolute atomic E-state index is 13.0. The number of likely N-dealkylation sites (tertiary alicyclic amines) is 1. The number of nitrogens with zero attached hydrogens (tertiary/aromatic N) is 5. The lowest BCUT2D eigenvalue weighted by molar-refractivity contribution is -0.132. The van der Waals surface area contributed by atoms with E-state index in [1.807, 2.05) is 4.90 Å². The first kappa shape index (κ1) is 16.2. The third kappa shape index (κ3) is 3.16. The minimum Gasteiger partial charge on any atom is -0.333 e. The van der Waals surface area contributed by atoms with Crippen molar-refractivity contribution in [2.45, 2.75) is 38.4 Å². The molecule has 3 heterocycles. The van der Waals surface area contributed by atoms with Gasteiger partial charge in [-0.25, -0.2) is 4.39 Å². The van der Waals surface area contributed by atoms with Crippen LogP contribution in [0.2, 0.25) is 0 Å². The second kappa shape index (κ2) is 6.55. The summed E-state index contributed by atoms with van der Waals surface area (Å²) in [6.07, 6.45) is 2.58. The SMILES string of the molecule is CN1CCC[C@H]1c1nnc2n1CCN(C(=O)Cc1ccc(F)cc1)C2. The largest absolute Gasteiger partial charge is 0.333 e. The summed E-state index contributed by atoms with van der Waals surface area (Å²) in [6.45, 7) is 2.98. The fourth-order valence-corrected chi connectivity index (χ4v) is 3.76. The fraction of sp³-hybridized carbons (Fsp3) is 0.500. The van der Waals surface area contributed by atoms with E-state index in [4.69, 9.17) is 0 Å². The molecular formula is C18H22FN5O. The maximum atomic E-state index is 13.0. The highest BCUT2D eigenvalue weighted by molar-refractivity contribution is 5.78. The molecule has 0 unspecified atom stereocenters. The Morgan fingerprint density at radius 3 is 2.72 bits per heavy atom. The quantitative estimate of drug-likeness (QED) is 0.852. The molecule has 1 saturated heterocycles. The zero-order chi connectivity index (χ0) is 17.4. The molecule has 7 heteroatoms. The number of carbonyl (C=O) groups is 1. The van der Waals surface area contributed by atoms with Gasteiger partial charge in [-0.2, -0.15) is 0 Å². The zero-order valence-corrected chi connectivity index (χ0v) is 14.4. The Hall–Kier alpha value is -2.28. The van der Waals surface area contributed by atoms with E-state index in [0.717, 1.165) is 36.7 Å². The molecule has 2 aromatic rings. The Bertz CT molecular complexity index is 772. The van der Waals surface area contributed by atoms with Crippen molar-refractivity contribution < 1.29 is 9.18 Å². The highest BCUT2D eigenvalue weighted by atomic mass is 19.1. The molecular weight excluding hydrogens is 321 g/mol. The summed E-state index contributed by atoms with van der Waals surface area (Å²) in [7, 11) is 2.13. The normalized spacial score (nSPS) is 20.7. The van der Waals surface area contributed by atoms with E-state index < -0.39 is 0 Å². The lowest BCUT2D eigenvalue weighted by atomic mass is 10.1. The Kier molecular flexibility index (Phi) is 4.25. The topological polar surface area (TPSA) is 54.3 Å². The lowest BCUT2D eigenvalue weighted by Gasteiger charge is -2.29. The molecule has 4 rings (SSSR count). The average molecular weight is 343 g/mol. The number of amides is 1. The number of hydrogen-bond donors (Lipinski definition) is 0. The number of benzene rings is 1. The molecule has 0 aliphatic carbocycles. The summed E-state index contributed by atoms with van der Waals surface area (Å²) in [5, 5.41) is 8.74. The minimum atomic E-state index is -0.285. The van der Waals surface area contributed by atoms with Crippen LogP contribution in [0.4, 0.5) is 4.39 Å². The molecule has 1 aromatic carbocycles. The minimum absolute atomic E-state index is 0.0420. The zero-order valence-electron chi connectivity index (χ0n) is 14.4. The summed E-state index contributed by atoms with van der Waals surface area (Å²) in [6, 6.07) is 6.43. The molecule has 6 nitrogen and oxygen atoms in total. The van der Waals surface area contributed by atoms with Crippen molar-refractivity contribution in [3.63, 3.8) is 0 Å². The van der Waals surface area contributed by atoms with Crippen molar-refractivity contribution in [3.8, 4) is 0 Å². The maximum Gasteiger partial charge on any atom is 0.227 e. The van der Waals surface area contributed by atoms with E-state index in [0.29, 0.717) is 19.1 Å². The molecule has 0 bridgehead atoms. The Labute approximate surface area is 146 Å². The third-order valence-electron chi connectivity index (χ3n) is 5.22. The van der Waals surface area contributed by atoms with Gasteiger partial charge in [0.1, 0.15) is 5.82 Å². The van der Waals surface area contributed by atoms with Crippen molar-refractivity contribution in [2.24, 2.45) is 0 Å². The average Bonchev–Trinajstić information content (AvgIpc) is 3.22. The summed E-state index contributed by atoms with van der Waals surface area (Å²) < 4.78 is 15.2. The van der Waals surface area contributed by atoms with E-state index in [1.54, 1.807) is 12.1 Å². The van der Waals surface area contributed by atoms with Crippen molar-refractivity contribution in [2.75, 3.05) is 20.1 Å². The van der Waals surface area contributed by atoms with Crippen LogP contribution < -0.4 is 0 Å². The van der Waals surface area contributed by atoms with Crippen LogP contribution in [0.25, 0.3) is 0 Å². The summed E-state index contributed by atoms with van der Waals surface area (Å²) in [5.41, 5.74) is 0.826. The highest BCUT2D eigenvalue weighted by Gasteiger charge is 2.31. The molecule has 2 aliphatic heterocycles. The van der Waals surface area contributed by atoms with Crippen LogP contribution in [0, 0.1) is 5.82 Å². The van der Waals surface area contributed by atoms with E-state index in [9.17, 15) is 9.18 Å². The Morgan fingerprint density at radius 2 is 2.00 bits per heavy atom. The predicted molar refractivity (Wildman–Crippen MR) is 90.1 cm³/mol. The lowest BCUT2D eigenvalue weighted by Crippen LogP contribution is -2.40. The monoisotopic (exact) mass is 343 g/mol. The number of carbonyl (C=O) groups excluding carboxylic acids is 1. The van der Waals surface area contributed by atoms with Crippen molar-refractivity contribution >= 4 is 5.91 Å². The number of hydrogen-bond acceptors (Lipinski definition) is 4. The van der Waals surface area contributed by atoms with Gasteiger partial charge in [0.15, 0.2) is 11.6 Å². The van der Waals surface area contributed by atoms with Crippen LogP contribution in [0.5, 0.6) is 0 Å². The molecule has 0 N–H and O–H groups in total. The Morgan fingerprint density at radius 1 is 1.20 bits per heavy atom. The predicted octanol–water partition coefficient (Wildman–Crippen LogP) is 1.77. The van der Waals surface area contributed by atoms with Crippen LogP contribution in [-0.2, 0) is 24.3 Å². The van der Waals surface area contributed by atoms with Crippen LogP contribution >= 0.6 is 0 Å². The number of aromatic nitrogens is 3. The van der Waals surface area contributed by atoms with E-state index in [1.165, 1.54) is 18.6 Å². The van der Waals surface area contributed by atoms with E-state index >= 15 is 0 Å². The number of halogens is 1. The summed E-state index contributed by atoms with van der Waals surface area (Å²) in [5.74, 6) is 1.64. The highest BCUT2D eigenvalue weighted by Crippen LogP contribution is 2.30. The number of rotatable bonds is 3. The van der Waals surface area contributed by atoms with Gasteiger partial charge in [-0.1, -0.05) is 12.1 Å². The van der Waals surface area contributed by atoms with E-state index in [-0.39, 0.29) is 18.1 Å². The van der Waals surface area contributed by atoms with E-state index in [2.05, 4.69) is 26.7 Å². The van der Waals surface area contributed by atoms with Crippen LogP contribution in [0.1, 0.15) is 36.1 Å². The first-order valence-electron chi connectivity index (χ1n) is 8.76. The van der Waals surface area contributed by atoms with Gasteiger partial charge in [0.25, 0.3) is 0 Å². The van der Waals surface area contributed by atoms with Gasteiger partial charge in [-0.05, 0) is 44.1 Å². The Balaban J connectivity index is 1.45. The molecule has 1 fully saturated rings. The van der Waals surface area contributed by atoms with Gasteiger partial charge in [0, 0.05) is 13.1 Å². The van der Waals surface area contributed by atoms with Gasteiger partial charge in [0.05, 0.1) is 19.0 Å². The first-order valence-corrected chi connectivity index (χ1v) is 8.76. The molecule has 2 aliphatic rings. The molecule has 1 amide bonds. The van der Waals surface area contributed by atoms with Gasteiger partial charge in [-0.15, -0.1) is 10.2 Å². The third-order valence-corrected chi connectivity index (χ3v) is 5.22. The molecule has 0 spiro atoms. The smallest absolute Gasteiger partial charge is 0.227 e. The van der Waals surface area contributed by atoms with Crippen molar-refractivity contribution in [1.82, 2.24) is 24.6 Å². The molecule has 1 atom stereocenters.